The van der Waals surface area contributed by atoms with Crippen molar-refractivity contribution in [1.29, 1.82) is 0 Å². The Kier molecular flexibility index (Phi) is 13.2. The average molecular weight is 913 g/mol. The Bertz CT molecular complexity index is 1740. The van der Waals surface area contributed by atoms with Gasteiger partial charge in [0.05, 0.1) is 31.3 Å². The monoisotopic (exact) mass is 913 g/mol. The van der Waals surface area contributed by atoms with Crippen LogP contribution in [0.2, 0.25) is 0 Å². The highest BCUT2D eigenvalue weighted by atomic mass is 16.8. The number of carbonyl (C=O) groups is 1. The number of aliphatic hydroxyl groups is 10. The fourth-order valence-electron chi connectivity index (χ4n) is 14.7. The largest absolute Gasteiger partial charge is 0.432 e. The quantitative estimate of drug-likeness (QED) is 0.0916. The number of hydrogen-bond acceptors (Lipinski definition) is 17. The van der Waals surface area contributed by atoms with E-state index in [9.17, 15) is 55.9 Å². The first kappa shape index (κ1) is 49.0. The van der Waals surface area contributed by atoms with Crippen LogP contribution in [-0.4, -0.2) is 169 Å². The van der Waals surface area contributed by atoms with Crippen LogP contribution in [0.3, 0.4) is 0 Å². The molecule has 0 aromatic heterocycles. The van der Waals surface area contributed by atoms with E-state index in [1.807, 2.05) is 0 Å². The zero-order valence-corrected chi connectivity index (χ0v) is 38.5. The Morgan fingerprint density at radius 1 is 0.672 bits per heavy atom. The number of hydrogen-bond donors (Lipinski definition) is 10. The van der Waals surface area contributed by atoms with Gasteiger partial charge in [-0.15, -0.1) is 0 Å². The van der Waals surface area contributed by atoms with Crippen LogP contribution in [-0.2, 0) is 33.2 Å². The fourth-order valence-corrected chi connectivity index (χ4v) is 14.7. The van der Waals surface area contributed by atoms with Crippen molar-refractivity contribution in [2.24, 2.45) is 50.2 Å². The maximum Gasteiger partial charge on any atom is 0.315 e. The second kappa shape index (κ2) is 17.2. The number of allylic oxidation sites excluding steroid dienone is 2. The highest BCUT2D eigenvalue weighted by Gasteiger charge is 2.70. The van der Waals surface area contributed by atoms with E-state index in [1.54, 1.807) is 0 Å². The first-order chi connectivity index (χ1) is 29.9. The van der Waals surface area contributed by atoms with Crippen molar-refractivity contribution < 1.29 is 84.3 Å². The van der Waals surface area contributed by atoms with Gasteiger partial charge in [0.25, 0.3) is 0 Å². The van der Waals surface area contributed by atoms with Crippen LogP contribution in [0.5, 0.6) is 0 Å². The van der Waals surface area contributed by atoms with Gasteiger partial charge in [-0.25, -0.2) is 0 Å². The summed E-state index contributed by atoms with van der Waals surface area (Å²) < 4.78 is 36.0. The standard InChI is InChI=1S/C47H76O17/c1-42(2)14-16-47(41(58)64-39-36(57)34(55)32(53)26(20-49)61-39)17-15-45(6)22(23(47)18-42)8-9-28-44(5)12-11-29(43(3,4)27(44)10-13-46(28,45)7)62-40-37(30(51)24(50)21-59-40)63-38-35(56)33(54)31(52)25(19-48)60-38/h8,23-40,48-57H,9-21H2,1-7H3/t23-,24+,25+,26+,27-,28+,29-,30-,31+,32+,33-,34-,35+,36+,37+,38-,39-,40-,44-,45+,46+,47-/m0/s1. The lowest BCUT2D eigenvalue weighted by Crippen LogP contribution is -2.66. The van der Waals surface area contributed by atoms with Gasteiger partial charge in [-0.2, -0.15) is 0 Å². The Morgan fingerprint density at radius 3 is 1.92 bits per heavy atom. The van der Waals surface area contributed by atoms with Crippen molar-refractivity contribution in [3.8, 4) is 0 Å². The van der Waals surface area contributed by atoms with Gasteiger partial charge in [0.1, 0.15) is 67.1 Å². The second-order valence-electron chi connectivity index (χ2n) is 23.0. The number of ether oxygens (including phenoxy) is 6. The number of rotatable bonds is 8. The molecule has 7 fully saturated rings. The first-order valence-corrected chi connectivity index (χ1v) is 23.7. The van der Waals surface area contributed by atoms with Crippen LogP contribution in [0.4, 0.5) is 0 Å². The summed E-state index contributed by atoms with van der Waals surface area (Å²) in [6, 6.07) is 0. The van der Waals surface area contributed by atoms with Gasteiger partial charge < -0.3 is 79.5 Å². The van der Waals surface area contributed by atoms with E-state index in [-0.39, 0.29) is 46.2 Å². The van der Waals surface area contributed by atoms with Crippen molar-refractivity contribution in [3.63, 3.8) is 0 Å². The second-order valence-corrected chi connectivity index (χ2v) is 23.0. The smallest absolute Gasteiger partial charge is 0.315 e. The van der Waals surface area contributed by atoms with Crippen molar-refractivity contribution in [1.82, 2.24) is 0 Å². The predicted molar refractivity (Wildman–Crippen MR) is 224 cm³/mol. The van der Waals surface area contributed by atoms with Gasteiger partial charge in [-0.1, -0.05) is 60.1 Å². The summed E-state index contributed by atoms with van der Waals surface area (Å²) in [5.74, 6) is -0.0981. The molecule has 17 nitrogen and oxygen atoms in total. The van der Waals surface area contributed by atoms with Crippen LogP contribution in [0.1, 0.15) is 113 Å². The topological polar surface area (TPSA) is 275 Å². The molecule has 0 amide bonds. The van der Waals surface area contributed by atoms with Gasteiger partial charge in [0, 0.05) is 0 Å². The molecule has 0 unspecified atom stereocenters. The van der Waals surface area contributed by atoms with E-state index < -0.39 is 116 Å². The molecule has 5 aliphatic carbocycles. The molecule has 0 radical (unpaired) electrons. The zero-order chi connectivity index (χ0) is 46.7. The Balaban J connectivity index is 1.03. The summed E-state index contributed by atoms with van der Waals surface area (Å²) in [6.07, 6.45) is -11.0. The molecule has 10 N–H and O–H groups in total. The molecule has 366 valence electrons. The maximum atomic E-state index is 14.7. The number of esters is 1. The van der Waals surface area contributed by atoms with Gasteiger partial charge in [-0.3, -0.25) is 4.79 Å². The molecule has 0 aromatic carbocycles. The SMILES string of the molecule is CC1(C)CC[C@]2(C(=O)O[C@@H]3O[C@H](CO)[C@@H](O)[C@H](O)[C@H]3O)CC[C@]3(C)C(=CC[C@@H]4[C@@]5(C)CC[C@H](O[C@@H]6OC[C@@H](O)[C@H](O)[C@H]6O[C@@H]6O[C@H](CO)[C@@H](O)[C@H](O)[C@H]6O)C(C)(C)[C@@H]5CC[C@]43C)[C@@H]2C1. The molecular formula is C47H76O17. The van der Waals surface area contributed by atoms with Gasteiger partial charge in [-0.05, 0) is 109 Å². The minimum absolute atomic E-state index is 0.0461. The summed E-state index contributed by atoms with van der Waals surface area (Å²) >= 11 is 0. The molecule has 17 heteroatoms. The molecule has 22 atom stereocenters. The minimum atomic E-state index is -1.73. The minimum Gasteiger partial charge on any atom is -0.432 e. The molecule has 3 aliphatic heterocycles. The Labute approximate surface area is 376 Å². The summed E-state index contributed by atoms with van der Waals surface area (Å²) in [5.41, 5.74) is -0.506. The third kappa shape index (κ3) is 7.58. The molecule has 3 heterocycles. The van der Waals surface area contributed by atoms with E-state index >= 15 is 0 Å². The third-order valence-electron chi connectivity index (χ3n) is 18.9. The maximum absolute atomic E-state index is 14.7. The van der Waals surface area contributed by atoms with Crippen LogP contribution in [0, 0.1) is 50.2 Å². The van der Waals surface area contributed by atoms with E-state index in [1.165, 1.54) is 5.57 Å². The van der Waals surface area contributed by atoms with Crippen molar-refractivity contribution in [3.05, 3.63) is 11.6 Å². The molecular weight excluding hydrogens is 836 g/mol. The molecule has 0 aromatic rings. The molecule has 8 rings (SSSR count). The lowest BCUT2D eigenvalue weighted by Gasteiger charge is -2.71. The summed E-state index contributed by atoms with van der Waals surface area (Å²) in [7, 11) is 0. The highest BCUT2D eigenvalue weighted by Crippen LogP contribution is 2.76. The van der Waals surface area contributed by atoms with Crippen LogP contribution in [0.15, 0.2) is 11.6 Å². The zero-order valence-electron chi connectivity index (χ0n) is 38.5. The molecule has 0 bridgehead atoms. The van der Waals surface area contributed by atoms with Crippen molar-refractivity contribution in [2.45, 2.75) is 205 Å². The summed E-state index contributed by atoms with van der Waals surface area (Å²) in [5, 5.41) is 105. The van der Waals surface area contributed by atoms with Gasteiger partial charge in [0.15, 0.2) is 12.6 Å². The van der Waals surface area contributed by atoms with E-state index in [0.717, 1.165) is 44.9 Å². The molecule has 3 saturated heterocycles. The van der Waals surface area contributed by atoms with Crippen molar-refractivity contribution in [2.75, 3.05) is 19.8 Å². The summed E-state index contributed by atoms with van der Waals surface area (Å²) in [6.45, 7) is 14.7. The average Bonchev–Trinajstić information content (AvgIpc) is 3.24. The van der Waals surface area contributed by atoms with Gasteiger partial charge >= 0.3 is 5.97 Å². The van der Waals surface area contributed by atoms with E-state index in [2.05, 4.69) is 54.5 Å². The van der Waals surface area contributed by atoms with Crippen LogP contribution < -0.4 is 0 Å². The highest BCUT2D eigenvalue weighted by molar-refractivity contribution is 5.79. The number of carbonyl (C=O) groups excluding carboxylic acids is 1. The Morgan fingerprint density at radius 2 is 1.28 bits per heavy atom. The first-order valence-electron chi connectivity index (χ1n) is 23.7. The van der Waals surface area contributed by atoms with Crippen LogP contribution >= 0.6 is 0 Å². The summed E-state index contributed by atoms with van der Waals surface area (Å²) in [4.78, 5) is 14.7. The van der Waals surface area contributed by atoms with E-state index in [4.69, 9.17) is 28.4 Å². The lowest BCUT2D eigenvalue weighted by atomic mass is 9.33. The number of aliphatic hydroxyl groups excluding tert-OH is 10. The Hall–Kier alpha value is -1.39. The predicted octanol–water partition coefficient (Wildman–Crippen LogP) is 0.780. The third-order valence-corrected chi connectivity index (χ3v) is 18.9. The normalized spacial score (nSPS) is 53.4. The lowest BCUT2D eigenvalue weighted by molar-refractivity contribution is -0.367. The number of fused-ring (bicyclic) bond motifs is 7. The van der Waals surface area contributed by atoms with Crippen molar-refractivity contribution >= 4 is 5.97 Å². The molecule has 64 heavy (non-hydrogen) atoms. The van der Waals surface area contributed by atoms with Crippen LogP contribution in [0.25, 0.3) is 0 Å². The van der Waals surface area contributed by atoms with E-state index in [0.29, 0.717) is 25.2 Å². The molecule has 4 saturated carbocycles. The molecule has 0 spiro atoms. The fraction of sp³-hybridized carbons (Fsp3) is 0.936. The molecule has 8 aliphatic rings. The van der Waals surface area contributed by atoms with Gasteiger partial charge in [0.2, 0.25) is 6.29 Å².